The molecule has 2 aromatic rings. The number of rotatable bonds is 8. The molecule has 9 heteroatoms. The lowest BCUT2D eigenvalue weighted by Gasteiger charge is -2.25. The molecule has 1 aromatic heterocycles. The first kappa shape index (κ1) is 20.2. The lowest BCUT2D eigenvalue weighted by Crippen LogP contribution is -2.46. The van der Waals surface area contributed by atoms with Gasteiger partial charge in [0.25, 0.3) is 0 Å². The summed E-state index contributed by atoms with van der Waals surface area (Å²) in [6.07, 6.45) is -3.14. The van der Waals surface area contributed by atoms with Crippen molar-refractivity contribution in [2.75, 3.05) is 5.75 Å². The number of nitrogens with one attached hydrogen (secondary N) is 1. The molecule has 2 N–H and O–H groups in total. The molecule has 0 radical (unpaired) electrons. The molecule has 0 saturated carbocycles. The van der Waals surface area contributed by atoms with Gasteiger partial charge in [-0.05, 0) is 29.8 Å². The van der Waals surface area contributed by atoms with Crippen LogP contribution in [0.15, 0.2) is 48.7 Å². The van der Waals surface area contributed by atoms with Crippen molar-refractivity contribution in [1.82, 2.24) is 10.3 Å². The van der Waals surface area contributed by atoms with Crippen LogP contribution in [0.4, 0.5) is 17.6 Å². The fourth-order valence-electron chi connectivity index (χ4n) is 2.19. The summed E-state index contributed by atoms with van der Waals surface area (Å²) in [6, 6.07) is 5.38. The number of alkyl halides is 3. The Morgan fingerprint density at radius 2 is 1.88 bits per heavy atom. The van der Waals surface area contributed by atoms with Gasteiger partial charge in [-0.15, -0.1) is 0 Å². The second-order valence-electron chi connectivity index (χ2n) is 5.42. The lowest BCUT2D eigenvalue weighted by atomic mass is 10.1. The van der Waals surface area contributed by atoms with E-state index in [1.807, 2.05) is 0 Å². The number of aliphatic carboxylic acids is 1. The summed E-state index contributed by atoms with van der Waals surface area (Å²) < 4.78 is 53.0. The van der Waals surface area contributed by atoms with Crippen molar-refractivity contribution in [2.24, 2.45) is 0 Å². The minimum atomic E-state index is -4.73. The van der Waals surface area contributed by atoms with Gasteiger partial charge < -0.3 is 5.11 Å². The molecule has 26 heavy (non-hydrogen) atoms. The fraction of sp³-hybridized carbons (Fsp3) is 0.294. The molecule has 2 rings (SSSR count). The van der Waals surface area contributed by atoms with Gasteiger partial charge in [-0.3, -0.25) is 15.1 Å². The average Bonchev–Trinajstić information content (AvgIpc) is 2.58. The number of pyridine rings is 1. The molecule has 2 atom stereocenters. The Bertz CT molecular complexity index is 711. The number of carboxylic acids is 1. The van der Waals surface area contributed by atoms with Crippen LogP contribution in [0.1, 0.15) is 17.3 Å². The maximum absolute atomic E-state index is 13.4. The highest BCUT2D eigenvalue weighted by atomic mass is 32.2. The Kier molecular flexibility index (Phi) is 6.98. The van der Waals surface area contributed by atoms with Crippen molar-refractivity contribution >= 4 is 17.7 Å². The Labute approximate surface area is 151 Å². The summed E-state index contributed by atoms with van der Waals surface area (Å²) in [5.74, 6) is -1.77. The molecular formula is C17H16F4N2O2S. The molecule has 0 aliphatic heterocycles. The second-order valence-corrected chi connectivity index (χ2v) is 6.45. The zero-order valence-corrected chi connectivity index (χ0v) is 14.2. The van der Waals surface area contributed by atoms with Crippen molar-refractivity contribution in [2.45, 2.75) is 24.0 Å². The van der Waals surface area contributed by atoms with E-state index in [2.05, 4.69) is 10.3 Å². The normalized spacial score (nSPS) is 14.0. The first-order valence-electron chi connectivity index (χ1n) is 7.56. The fourth-order valence-corrected chi connectivity index (χ4v) is 3.16. The predicted molar refractivity (Wildman–Crippen MR) is 90.2 cm³/mol. The molecule has 140 valence electrons. The van der Waals surface area contributed by atoms with Crippen LogP contribution in [0, 0.1) is 5.82 Å². The van der Waals surface area contributed by atoms with Gasteiger partial charge in [-0.2, -0.15) is 24.9 Å². The molecule has 0 saturated heterocycles. The maximum atomic E-state index is 13.4. The summed E-state index contributed by atoms with van der Waals surface area (Å²) >= 11 is 1.16. The molecule has 1 unspecified atom stereocenters. The van der Waals surface area contributed by atoms with Crippen LogP contribution in [-0.4, -0.2) is 34.0 Å². The van der Waals surface area contributed by atoms with Gasteiger partial charge in [-0.25, -0.2) is 4.39 Å². The number of hydrogen-bond acceptors (Lipinski definition) is 4. The third kappa shape index (κ3) is 5.99. The number of aromatic nitrogens is 1. The lowest BCUT2D eigenvalue weighted by molar-refractivity contribution is -0.162. The first-order chi connectivity index (χ1) is 12.3. The molecule has 1 aromatic carbocycles. The molecule has 0 amide bonds. The van der Waals surface area contributed by atoms with E-state index in [9.17, 15) is 27.5 Å². The number of carboxylic acid groups (broad SMARTS) is 1. The van der Waals surface area contributed by atoms with Crippen molar-refractivity contribution in [1.29, 1.82) is 0 Å². The maximum Gasteiger partial charge on any atom is 0.407 e. The van der Waals surface area contributed by atoms with Gasteiger partial charge in [-0.1, -0.05) is 18.2 Å². The largest absolute Gasteiger partial charge is 0.480 e. The smallest absolute Gasteiger partial charge is 0.407 e. The Balaban J connectivity index is 2.06. The quantitative estimate of drug-likeness (QED) is 0.674. The topological polar surface area (TPSA) is 62.2 Å². The van der Waals surface area contributed by atoms with Crippen molar-refractivity contribution < 1.29 is 27.5 Å². The average molecular weight is 388 g/mol. The monoisotopic (exact) mass is 388 g/mol. The summed E-state index contributed by atoms with van der Waals surface area (Å²) in [5.41, 5.74) is 0.451. The summed E-state index contributed by atoms with van der Waals surface area (Å²) in [7, 11) is 0. The molecule has 0 spiro atoms. The van der Waals surface area contributed by atoms with Gasteiger partial charge in [0.05, 0.1) is 5.69 Å². The summed E-state index contributed by atoms with van der Waals surface area (Å²) in [6.45, 7) is 0. The third-order valence-electron chi connectivity index (χ3n) is 3.46. The van der Waals surface area contributed by atoms with Crippen LogP contribution in [0.2, 0.25) is 0 Å². The molecule has 1 heterocycles. The van der Waals surface area contributed by atoms with Crippen LogP contribution >= 0.6 is 11.8 Å². The van der Waals surface area contributed by atoms with E-state index in [0.29, 0.717) is 11.4 Å². The zero-order chi connectivity index (χ0) is 19.2. The highest BCUT2D eigenvalue weighted by molar-refractivity contribution is 7.98. The molecule has 0 aliphatic carbocycles. The van der Waals surface area contributed by atoms with Crippen LogP contribution in [0.25, 0.3) is 0 Å². The third-order valence-corrected chi connectivity index (χ3v) is 4.53. The van der Waals surface area contributed by atoms with E-state index in [1.54, 1.807) is 24.4 Å². The minimum absolute atomic E-state index is 0.0836. The summed E-state index contributed by atoms with van der Waals surface area (Å²) in [4.78, 5) is 15.4. The minimum Gasteiger partial charge on any atom is -0.480 e. The molecule has 0 bridgehead atoms. The van der Waals surface area contributed by atoms with Crippen molar-refractivity contribution in [3.05, 3.63) is 65.7 Å². The van der Waals surface area contributed by atoms with E-state index in [4.69, 9.17) is 0 Å². The number of carbonyl (C=O) groups is 1. The van der Waals surface area contributed by atoms with E-state index in [-0.39, 0.29) is 11.3 Å². The Hall–Kier alpha value is -2.13. The number of hydrogen-bond donors (Lipinski definition) is 2. The van der Waals surface area contributed by atoms with Crippen molar-refractivity contribution in [3.8, 4) is 0 Å². The summed E-state index contributed by atoms with van der Waals surface area (Å²) in [5, 5.41) is 11.4. The highest BCUT2D eigenvalue weighted by Gasteiger charge is 2.42. The molecule has 0 fully saturated rings. The number of benzene rings is 1. The number of thioether (sulfide) groups is 1. The number of nitrogens with zero attached hydrogens (tertiary/aromatic N) is 1. The number of halogens is 4. The molecule has 4 nitrogen and oxygen atoms in total. The first-order valence-corrected chi connectivity index (χ1v) is 8.71. The van der Waals surface area contributed by atoms with E-state index < -0.39 is 30.0 Å². The Morgan fingerprint density at radius 1 is 1.19 bits per heavy atom. The van der Waals surface area contributed by atoms with Gasteiger partial charge >= 0.3 is 12.1 Å². The van der Waals surface area contributed by atoms with Crippen LogP contribution in [0.5, 0.6) is 0 Å². The molecular weight excluding hydrogens is 372 g/mol. The Morgan fingerprint density at radius 3 is 2.42 bits per heavy atom. The van der Waals surface area contributed by atoms with E-state index in [1.165, 1.54) is 0 Å². The van der Waals surface area contributed by atoms with Crippen LogP contribution < -0.4 is 5.32 Å². The predicted octanol–water partition coefficient (Wildman–Crippen LogP) is 3.80. The highest BCUT2D eigenvalue weighted by Crippen LogP contribution is 2.33. The molecule has 0 aliphatic rings. The van der Waals surface area contributed by atoms with E-state index >= 15 is 0 Å². The van der Waals surface area contributed by atoms with Crippen molar-refractivity contribution in [3.63, 3.8) is 0 Å². The van der Waals surface area contributed by atoms with Gasteiger partial charge in [0.1, 0.15) is 17.9 Å². The van der Waals surface area contributed by atoms with Crippen LogP contribution in [-0.2, 0) is 10.5 Å². The zero-order valence-electron chi connectivity index (χ0n) is 13.4. The van der Waals surface area contributed by atoms with Gasteiger partial charge in [0.15, 0.2) is 0 Å². The second kappa shape index (κ2) is 9.00. The van der Waals surface area contributed by atoms with Crippen LogP contribution in [0.3, 0.4) is 0 Å². The van der Waals surface area contributed by atoms with E-state index in [0.717, 1.165) is 36.0 Å². The SMILES string of the molecule is O=C(O)C(CSCc1ccccn1)N[C@H](c1ccc(F)cc1)C(F)(F)F. The van der Waals surface area contributed by atoms with Gasteiger partial charge in [0.2, 0.25) is 0 Å². The van der Waals surface area contributed by atoms with Gasteiger partial charge in [0, 0.05) is 17.7 Å². The standard InChI is InChI=1S/C17H16F4N2O2S/c18-12-6-4-11(5-7-12)15(17(19,20)21)23-14(16(24)25)10-26-9-13-3-1-2-8-22-13/h1-8,14-15,23H,9-10H2,(H,24,25)/t14?,15-/m1/s1.